The van der Waals surface area contributed by atoms with Crippen molar-refractivity contribution < 1.29 is 9.59 Å². The van der Waals surface area contributed by atoms with Crippen LogP contribution in [0.15, 0.2) is 64.3 Å². The van der Waals surface area contributed by atoms with Crippen molar-refractivity contribution >= 4 is 40.6 Å². The van der Waals surface area contributed by atoms with E-state index in [0.717, 1.165) is 40.4 Å². The van der Waals surface area contributed by atoms with Crippen molar-refractivity contribution in [2.75, 3.05) is 5.32 Å². The number of hydrogen-bond donors (Lipinski definition) is 2. The van der Waals surface area contributed by atoms with Gasteiger partial charge in [-0.05, 0) is 42.7 Å². The van der Waals surface area contributed by atoms with Crippen LogP contribution in [0.1, 0.15) is 34.5 Å². The summed E-state index contributed by atoms with van der Waals surface area (Å²) >= 11 is 3.19. The minimum atomic E-state index is -0.0995. The molecule has 0 unspecified atom stereocenters. The highest BCUT2D eigenvalue weighted by atomic mass is 32.2. The van der Waals surface area contributed by atoms with Crippen LogP contribution in [0.3, 0.4) is 0 Å². The minimum absolute atomic E-state index is 0.0952. The molecule has 1 aliphatic carbocycles. The quantitative estimate of drug-likeness (QED) is 0.515. The van der Waals surface area contributed by atoms with E-state index in [1.807, 2.05) is 59.4 Å². The standard InChI is InChI=1S/C22H21N3O2S2/c26-21(16-7-8-16)25-17-9-5-15(6-10-17)11-23-22(27)19-3-1-2-4-20(19)29-13-18-12-28-14-24-18/h1-6,9-10,12,14,16H,7-8,11,13H2,(H,23,27)(H,25,26). The fourth-order valence-corrected chi connectivity index (χ4v) is 4.43. The molecule has 1 aromatic heterocycles. The average molecular weight is 424 g/mol. The Kier molecular flexibility index (Phi) is 6.27. The number of nitrogens with zero attached hydrogens (tertiary/aromatic N) is 1. The molecule has 1 saturated carbocycles. The second-order valence-electron chi connectivity index (χ2n) is 6.91. The smallest absolute Gasteiger partial charge is 0.252 e. The van der Waals surface area contributed by atoms with E-state index in [1.165, 1.54) is 0 Å². The molecule has 1 heterocycles. The van der Waals surface area contributed by atoms with Gasteiger partial charge in [0, 0.05) is 34.2 Å². The molecule has 2 aromatic carbocycles. The molecule has 148 valence electrons. The molecule has 7 heteroatoms. The number of carbonyl (C=O) groups is 2. The summed E-state index contributed by atoms with van der Waals surface area (Å²) < 4.78 is 0. The van der Waals surface area contributed by atoms with Crippen LogP contribution in [-0.2, 0) is 17.1 Å². The van der Waals surface area contributed by atoms with E-state index >= 15 is 0 Å². The van der Waals surface area contributed by atoms with Crippen molar-refractivity contribution in [1.29, 1.82) is 0 Å². The van der Waals surface area contributed by atoms with Crippen LogP contribution in [0, 0.1) is 5.92 Å². The van der Waals surface area contributed by atoms with E-state index in [2.05, 4.69) is 15.6 Å². The van der Waals surface area contributed by atoms with E-state index < -0.39 is 0 Å². The Morgan fingerprint density at radius 1 is 1.10 bits per heavy atom. The van der Waals surface area contributed by atoms with Crippen molar-refractivity contribution in [2.45, 2.75) is 30.0 Å². The number of amides is 2. The fourth-order valence-electron chi connectivity index (χ4n) is 2.81. The van der Waals surface area contributed by atoms with Crippen molar-refractivity contribution in [3.8, 4) is 0 Å². The van der Waals surface area contributed by atoms with E-state index in [-0.39, 0.29) is 17.7 Å². The second kappa shape index (κ2) is 9.24. The molecular formula is C22H21N3O2S2. The summed E-state index contributed by atoms with van der Waals surface area (Å²) in [4.78, 5) is 29.7. The summed E-state index contributed by atoms with van der Waals surface area (Å²) in [5.74, 6) is 0.916. The summed E-state index contributed by atoms with van der Waals surface area (Å²) in [5.41, 5.74) is 5.28. The number of carbonyl (C=O) groups excluding carboxylic acids is 2. The van der Waals surface area contributed by atoms with E-state index in [9.17, 15) is 9.59 Å². The Balaban J connectivity index is 1.32. The lowest BCUT2D eigenvalue weighted by Gasteiger charge is -2.10. The van der Waals surface area contributed by atoms with E-state index in [0.29, 0.717) is 12.1 Å². The Bertz CT molecular complexity index is 984. The lowest BCUT2D eigenvalue weighted by atomic mass is 10.1. The topological polar surface area (TPSA) is 71.1 Å². The van der Waals surface area contributed by atoms with Crippen LogP contribution in [0.25, 0.3) is 0 Å². The zero-order chi connectivity index (χ0) is 20.1. The highest BCUT2D eigenvalue weighted by Gasteiger charge is 2.29. The Morgan fingerprint density at radius 3 is 2.62 bits per heavy atom. The third-order valence-electron chi connectivity index (χ3n) is 4.61. The molecule has 1 aliphatic rings. The SMILES string of the molecule is O=C(NCc1ccc(NC(=O)C2CC2)cc1)c1ccccc1SCc1cscn1. The van der Waals surface area contributed by atoms with Crippen LogP contribution in [-0.4, -0.2) is 16.8 Å². The maximum Gasteiger partial charge on any atom is 0.252 e. The summed E-state index contributed by atoms with van der Waals surface area (Å²) in [6.45, 7) is 0.431. The van der Waals surface area contributed by atoms with Crippen LogP contribution >= 0.6 is 23.1 Å². The van der Waals surface area contributed by atoms with Gasteiger partial charge in [-0.1, -0.05) is 24.3 Å². The summed E-state index contributed by atoms with van der Waals surface area (Å²) in [7, 11) is 0. The number of nitrogens with one attached hydrogen (secondary N) is 2. The van der Waals surface area contributed by atoms with Crippen molar-refractivity contribution in [2.24, 2.45) is 5.92 Å². The van der Waals surface area contributed by atoms with Gasteiger partial charge < -0.3 is 10.6 Å². The predicted molar refractivity (Wildman–Crippen MR) is 117 cm³/mol. The number of aromatic nitrogens is 1. The van der Waals surface area contributed by atoms with Crippen LogP contribution < -0.4 is 10.6 Å². The molecule has 3 aromatic rings. The van der Waals surface area contributed by atoms with E-state index in [4.69, 9.17) is 0 Å². The summed E-state index contributed by atoms with van der Waals surface area (Å²) in [5, 5.41) is 7.93. The molecule has 1 fully saturated rings. The highest BCUT2D eigenvalue weighted by Crippen LogP contribution is 2.30. The molecule has 2 amide bonds. The average Bonchev–Trinajstić information content (AvgIpc) is 3.48. The first-order chi connectivity index (χ1) is 14.2. The molecule has 29 heavy (non-hydrogen) atoms. The van der Waals surface area contributed by atoms with Crippen molar-refractivity contribution in [3.63, 3.8) is 0 Å². The monoisotopic (exact) mass is 423 g/mol. The van der Waals surface area contributed by atoms with Gasteiger partial charge in [0.15, 0.2) is 0 Å². The van der Waals surface area contributed by atoms with Gasteiger partial charge in [0.1, 0.15) is 0 Å². The number of anilines is 1. The first-order valence-corrected chi connectivity index (χ1v) is 11.4. The summed E-state index contributed by atoms with van der Waals surface area (Å²) in [6, 6.07) is 15.2. The molecule has 0 atom stereocenters. The number of thiazole rings is 1. The van der Waals surface area contributed by atoms with Crippen LogP contribution in [0.2, 0.25) is 0 Å². The van der Waals surface area contributed by atoms with Gasteiger partial charge in [-0.3, -0.25) is 9.59 Å². The van der Waals surface area contributed by atoms with Gasteiger partial charge in [0.05, 0.1) is 16.8 Å². The zero-order valence-corrected chi connectivity index (χ0v) is 17.4. The lowest BCUT2D eigenvalue weighted by molar-refractivity contribution is -0.117. The Morgan fingerprint density at radius 2 is 1.90 bits per heavy atom. The third-order valence-corrected chi connectivity index (χ3v) is 6.36. The van der Waals surface area contributed by atoms with Gasteiger partial charge in [0.25, 0.3) is 5.91 Å². The first kappa shape index (κ1) is 19.7. The molecular weight excluding hydrogens is 402 g/mol. The normalized spacial score (nSPS) is 13.1. The maximum atomic E-state index is 12.7. The van der Waals surface area contributed by atoms with Gasteiger partial charge in [-0.25, -0.2) is 4.98 Å². The number of hydrogen-bond acceptors (Lipinski definition) is 5. The first-order valence-electron chi connectivity index (χ1n) is 9.46. The molecule has 4 rings (SSSR count). The van der Waals surface area contributed by atoms with E-state index in [1.54, 1.807) is 23.1 Å². The fraction of sp³-hybridized carbons (Fsp3) is 0.227. The lowest BCUT2D eigenvalue weighted by Crippen LogP contribution is -2.23. The molecule has 2 N–H and O–H groups in total. The second-order valence-corrected chi connectivity index (χ2v) is 8.64. The molecule has 0 saturated heterocycles. The Hall–Kier alpha value is -2.64. The zero-order valence-electron chi connectivity index (χ0n) is 15.8. The number of rotatable bonds is 8. The van der Waals surface area contributed by atoms with Gasteiger partial charge >= 0.3 is 0 Å². The maximum absolute atomic E-state index is 12.7. The number of thioether (sulfide) groups is 1. The largest absolute Gasteiger partial charge is 0.348 e. The Labute approximate surface area is 178 Å². The molecule has 0 radical (unpaired) electrons. The van der Waals surface area contributed by atoms with Crippen LogP contribution in [0.5, 0.6) is 0 Å². The number of benzene rings is 2. The van der Waals surface area contributed by atoms with Crippen LogP contribution in [0.4, 0.5) is 5.69 Å². The minimum Gasteiger partial charge on any atom is -0.348 e. The highest BCUT2D eigenvalue weighted by molar-refractivity contribution is 7.98. The molecule has 0 aliphatic heterocycles. The van der Waals surface area contributed by atoms with Gasteiger partial charge in [-0.2, -0.15) is 0 Å². The summed E-state index contributed by atoms with van der Waals surface area (Å²) in [6.07, 6.45) is 1.97. The molecule has 0 spiro atoms. The predicted octanol–water partition coefficient (Wildman–Crippen LogP) is 4.71. The molecule has 0 bridgehead atoms. The van der Waals surface area contributed by atoms with Crippen molar-refractivity contribution in [3.05, 3.63) is 76.2 Å². The van der Waals surface area contributed by atoms with Gasteiger partial charge in [-0.15, -0.1) is 23.1 Å². The molecule has 5 nitrogen and oxygen atoms in total. The van der Waals surface area contributed by atoms with Gasteiger partial charge in [0.2, 0.25) is 5.91 Å². The third kappa shape index (κ3) is 5.46. The van der Waals surface area contributed by atoms with Crippen molar-refractivity contribution in [1.82, 2.24) is 10.3 Å².